The van der Waals surface area contributed by atoms with E-state index < -0.39 is 60.2 Å². The summed E-state index contributed by atoms with van der Waals surface area (Å²) in [6.45, 7) is 3.58. The smallest absolute Gasteiger partial charge is 0.413 e. The number of esters is 1. The van der Waals surface area contributed by atoms with E-state index in [2.05, 4.69) is 10.6 Å². The molecule has 214 valence electrons. The summed E-state index contributed by atoms with van der Waals surface area (Å²) >= 11 is 0. The van der Waals surface area contributed by atoms with Crippen molar-refractivity contribution in [1.29, 1.82) is 0 Å². The highest BCUT2D eigenvalue weighted by Crippen LogP contribution is 2.19. The van der Waals surface area contributed by atoms with E-state index in [1.165, 1.54) is 4.90 Å². The van der Waals surface area contributed by atoms with Crippen LogP contribution in [-0.4, -0.2) is 65.4 Å². The maximum absolute atomic E-state index is 12.7. The summed E-state index contributed by atoms with van der Waals surface area (Å²) < 4.78 is 10.3. The third kappa shape index (κ3) is 10.6. The molecule has 0 aromatic heterocycles. The maximum Gasteiger partial charge on any atom is 0.413 e. The zero-order valence-electron chi connectivity index (χ0n) is 22.2. The van der Waals surface area contributed by atoms with E-state index in [-0.39, 0.29) is 38.5 Å². The fourth-order valence-electron chi connectivity index (χ4n) is 3.99. The second-order valence-corrected chi connectivity index (χ2v) is 9.75. The number of carbonyl (C=O) groups is 6. The van der Waals surface area contributed by atoms with E-state index >= 15 is 0 Å². The maximum atomic E-state index is 12.7. The number of nitrogens with zero attached hydrogens (tertiary/aromatic N) is 1. The molecule has 1 aliphatic heterocycles. The van der Waals surface area contributed by atoms with Crippen LogP contribution in [0.4, 0.5) is 4.79 Å². The lowest BCUT2D eigenvalue weighted by molar-refractivity contribution is -0.139. The molecule has 1 aromatic rings. The molecule has 0 radical (unpaired) electrons. The van der Waals surface area contributed by atoms with E-state index in [1.54, 1.807) is 0 Å². The molecule has 1 saturated heterocycles. The molecule has 0 saturated carbocycles. The van der Waals surface area contributed by atoms with Crippen LogP contribution in [0.15, 0.2) is 30.3 Å². The van der Waals surface area contributed by atoms with Crippen LogP contribution in [0.5, 0.6) is 0 Å². The fourth-order valence-corrected chi connectivity index (χ4v) is 3.99. The molecule has 1 unspecified atom stereocenters. The number of rotatable bonds is 15. The van der Waals surface area contributed by atoms with Crippen molar-refractivity contribution in [2.75, 3.05) is 6.73 Å². The Labute approximate surface area is 226 Å². The zero-order valence-corrected chi connectivity index (χ0v) is 22.2. The van der Waals surface area contributed by atoms with Gasteiger partial charge in [0.25, 0.3) is 0 Å². The topological polar surface area (TPSA) is 200 Å². The van der Waals surface area contributed by atoms with E-state index in [0.717, 1.165) is 5.56 Å². The number of nitrogens with one attached hydrogen (secondary N) is 2. The third-order valence-electron chi connectivity index (χ3n) is 5.99. The average Bonchev–Trinajstić information content (AvgIpc) is 3.24. The fraction of sp³-hybridized carbons (Fsp3) is 0.538. The Morgan fingerprint density at radius 3 is 2.36 bits per heavy atom. The van der Waals surface area contributed by atoms with Crippen molar-refractivity contribution in [3.63, 3.8) is 0 Å². The molecule has 5 amide bonds. The van der Waals surface area contributed by atoms with E-state index in [4.69, 9.17) is 20.9 Å². The first kappa shape index (κ1) is 31.1. The first-order chi connectivity index (χ1) is 18.5. The van der Waals surface area contributed by atoms with Crippen LogP contribution in [0, 0.1) is 5.92 Å². The Morgan fingerprint density at radius 1 is 1.05 bits per heavy atom. The van der Waals surface area contributed by atoms with Gasteiger partial charge in [-0.2, -0.15) is 0 Å². The summed E-state index contributed by atoms with van der Waals surface area (Å²) in [5.74, 6) is -3.29. The minimum absolute atomic E-state index is 0.0326. The van der Waals surface area contributed by atoms with Crippen LogP contribution in [-0.2, 0) is 40.1 Å². The molecule has 1 aliphatic rings. The predicted molar refractivity (Wildman–Crippen MR) is 138 cm³/mol. The highest BCUT2D eigenvalue weighted by atomic mass is 16.6. The average molecular weight is 548 g/mol. The summed E-state index contributed by atoms with van der Waals surface area (Å²) in [7, 11) is 0. The van der Waals surface area contributed by atoms with Crippen molar-refractivity contribution >= 4 is 35.7 Å². The molecule has 1 aromatic carbocycles. The van der Waals surface area contributed by atoms with Gasteiger partial charge < -0.3 is 31.6 Å². The van der Waals surface area contributed by atoms with Crippen LogP contribution < -0.4 is 22.1 Å². The molecule has 1 heterocycles. The van der Waals surface area contributed by atoms with E-state index in [1.807, 2.05) is 44.2 Å². The van der Waals surface area contributed by atoms with Gasteiger partial charge in [-0.05, 0) is 30.7 Å². The van der Waals surface area contributed by atoms with Crippen molar-refractivity contribution in [3.8, 4) is 0 Å². The molecule has 3 atom stereocenters. The van der Waals surface area contributed by atoms with Crippen molar-refractivity contribution in [2.24, 2.45) is 17.4 Å². The van der Waals surface area contributed by atoms with Crippen LogP contribution in [0.2, 0.25) is 0 Å². The van der Waals surface area contributed by atoms with Crippen molar-refractivity contribution in [3.05, 3.63) is 35.9 Å². The number of nitrogens with two attached hydrogens (primary N) is 2. The van der Waals surface area contributed by atoms with Crippen LogP contribution >= 0.6 is 0 Å². The molecule has 1 fully saturated rings. The van der Waals surface area contributed by atoms with E-state index in [0.29, 0.717) is 12.8 Å². The SMILES string of the molecule is CC(C)C[C@H](NC(=O)CCCCC1C(=O)OCN1C(=O)OCc1ccccc1)C(=O)N[C@@H](CC(N)=O)C(N)=O. The highest BCUT2D eigenvalue weighted by molar-refractivity contribution is 5.93. The van der Waals surface area contributed by atoms with Gasteiger partial charge in [0.15, 0.2) is 6.73 Å². The third-order valence-corrected chi connectivity index (χ3v) is 5.99. The normalized spacial score (nSPS) is 16.2. The molecule has 0 aliphatic carbocycles. The number of hydrogen-bond acceptors (Lipinski definition) is 8. The highest BCUT2D eigenvalue weighted by Gasteiger charge is 2.38. The lowest BCUT2D eigenvalue weighted by Gasteiger charge is -2.23. The number of amides is 5. The summed E-state index contributed by atoms with van der Waals surface area (Å²) in [4.78, 5) is 73.9. The Kier molecular flexibility index (Phi) is 12.2. The molecule has 6 N–H and O–H groups in total. The molecule has 39 heavy (non-hydrogen) atoms. The minimum atomic E-state index is -1.28. The zero-order chi connectivity index (χ0) is 28.9. The Bertz CT molecular complexity index is 1030. The van der Waals surface area contributed by atoms with Gasteiger partial charge in [-0.3, -0.25) is 24.1 Å². The predicted octanol–water partition coefficient (Wildman–Crippen LogP) is 0.445. The Balaban J connectivity index is 1.83. The van der Waals surface area contributed by atoms with Gasteiger partial charge in [0.05, 0.1) is 6.42 Å². The summed E-state index contributed by atoms with van der Waals surface area (Å²) in [6.07, 6.45) is 0.305. The number of ether oxygens (including phenoxy) is 2. The first-order valence-electron chi connectivity index (χ1n) is 12.8. The number of hydrogen-bond donors (Lipinski definition) is 4. The summed E-state index contributed by atoms with van der Waals surface area (Å²) in [5.41, 5.74) is 11.1. The second kappa shape index (κ2) is 15.3. The largest absolute Gasteiger partial charge is 0.444 e. The number of benzene rings is 1. The minimum Gasteiger partial charge on any atom is -0.444 e. The van der Waals surface area contributed by atoms with Gasteiger partial charge in [-0.25, -0.2) is 9.59 Å². The Hall–Kier alpha value is -4.16. The van der Waals surface area contributed by atoms with Gasteiger partial charge in [0, 0.05) is 6.42 Å². The van der Waals surface area contributed by atoms with Gasteiger partial charge >= 0.3 is 12.1 Å². The lowest BCUT2D eigenvalue weighted by atomic mass is 10.0. The van der Waals surface area contributed by atoms with Crippen LogP contribution in [0.3, 0.4) is 0 Å². The number of unbranched alkanes of at least 4 members (excludes halogenated alkanes) is 1. The number of primary amides is 2. The van der Waals surface area contributed by atoms with Crippen molar-refractivity contribution in [2.45, 2.75) is 77.1 Å². The van der Waals surface area contributed by atoms with Crippen LogP contribution in [0.1, 0.15) is 57.9 Å². The van der Waals surface area contributed by atoms with E-state index in [9.17, 15) is 28.8 Å². The molecule has 13 heteroatoms. The molecule has 2 rings (SSSR count). The Morgan fingerprint density at radius 2 is 1.74 bits per heavy atom. The second-order valence-electron chi connectivity index (χ2n) is 9.75. The van der Waals surface area contributed by atoms with Gasteiger partial charge in [-0.1, -0.05) is 50.6 Å². The number of cyclic esters (lactones) is 1. The number of carbonyl (C=O) groups excluding carboxylic acids is 6. The molecule has 0 spiro atoms. The quantitative estimate of drug-likeness (QED) is 0.179. The summed E-state index contributed by atoms with van der Waals surface area (Å²) in [5, 5.41) is 5.02. The summed E-state index contributed by atoms with van der Waals surface area (Å²) in [6, 6.07) is 6.07. The van der Waals surface area contributed by atoms with Crippen molar-refractivity contribution < 1.29 is 38.2 Å². The van der Waals surface area contributed by atoms with Crippen LogP contribution in [0.25, 0.3) is 0 Å². The molecule has 0 bridgehead atoms. The lowest BCUT2D eigenvalue weighted by Crippen LogP contribution is -2.54. The molecule has 13 nitrogen and oxygen atoms in total. The van der Waals surface area contributed by atoms with Crippen molar-refractivity contribution in [1.82, 2.24) is 15.5 Å². The first-order valence-corrected chi connectivity index (χ1v) is 12.8. The monoisotopic (exact) mass is 547 g/mol. The molecular weight excluding hydrogens is 510 g/mol. The standard InChI is InChI=1S/C26H37N5O8/c1-16(2)12-19(24(35)30-18(23(28)34)13-21(27)32)29-22(33)11-7-6-10-20-25(36)39-15-31(20)26(37)38-14-17-8-4-3-5-9-17/h3-5,8-9,16,18-20H,6-7,10-15H2,1-2H3,(H2,27,32)(H2,28,34)(H,29,33)(H,30,35)/t18-,19-,20?/m0/s1. The molecular formula is C26H37N5O8. The van der Waals surface area contributed by atoms with Gasteiger partial charge in [0.2, 0.25) is 23.6 Å². The van der Waals surface area contributed by atoms with Gasteiger partial charge in [-0.15, -0.1) is 0 Å². The van der Waals surface area contributed by atoms with Gasteiger partial charge in [0.1, 0.15) is 24.7 Å².